The summed E-state index contributed by atoms with van der Waals surface area (Å²) in [5, 5.41) is 0. The second-order valence-electron chi connectivity index (χ2n) is 4.12. The van der Waals surface area contributed by atoms with Crippen molar-refractivity contribution in [2.24, 2.45) is 5.73 Å². The van der Waals surface area contributed by atoms with Crippen LogP contribution in [0.25, 0.3) is 11.0 Å². The number of rotatable bonds is 2. The van der Waals surface area contributed by atoms with Gasteiger partial charge in [-0.3, -0.25) is 4.98 Å². The van der Waals surface area contributed by atoms with Crippen LogP contribution in [-0.4, -0.2) is 16.5 Å². The van der Waals surface area contributed by atoms with Gasteiger partial charge >= 0.3 is 0 Å². The van der Waals surface area contributed by atoms with E-state index >= 15 is 0 Å². The molecule has 1 saturated carbocycles. The molecule has 3 rings (SSSR count). The Morgan fingerprint density at radius 1 is 1.50 bits per heavy atom. The van der Waals surface area contributed by atoms with Crippen LogP contribution in [0.1, 0.15) is 18.4 Å². The predicted octanol–water partition coefficient (Wildman–Crippen LogP) is 1.55. The Morgan fingerprint density at radius 2 is 2.36 bits per heavy atom. The Balaban J connectivity index is 2.13. The van der Waals surface area contributed by atoms with E-state index in [1.807, 2.05) is 18.5 Å². The van der Waals surface area contributed by atoms with Crippen molar-refractivity contribution in [2.75, 3.05) is 6.54 Å². The van der Waals surface area contributed by atoms with Crippen molar-refractivity contribution in [2.45, 2.75) is 18.3 Å². The molecule has 1 aliphatic carbocycles. The van der Waals surface area contributed by atoms with Crippen LogP contribution >= 0.6 is 0 Å². The first-order valence-corrected chi connectivity index (χ1v) is 4.98. The predicted molar refractivity (Wildman–Crippen MR) is 56.1 cm³/mol. The summed E-state index contributed by atoms with van der Waals surface area (Å²) in [5.74, 6) is 0. The number of hydrogen-bond acceptors (Lipinski definition) is 2. The van der Waals surface area contributed by atoms with Crippen LogP contribution in [0, 0.1) is 0 Å². The summed E-state index contributed by atoms with van der Waals surface area (Å²) < 4.78 is 0. The molecule has 0 radical (unpaired) electrons. The molecule has 0 unspecified atom stereocenters. The first-order chi connectivity index (χ1) is 6.84. The molecule has 0 amide bonds. The van der Waals surface area contributed by atoms with Gasteiger partial charge in [0.1, 0.15) is 0 Å². The van der Waals surface area contributed by atoms with Gasteiger partial charge in [-0.1, -0.05) is 0 Å². The molecule has 3 nitrogen and oxygen atoms in total. The van der Waals surface area contributed by atoms with Crippen molar-refractivity contribution < 1.29 is 0 Å². The Morgan fingerprint density at radius 3 is 3.07 bits per heavy atom. The van der Waals surface area contributed by atoms with Crippen LogP contribution < -0.4 is 5.73 Å². The third-order valence-electron chi connectivity index (χ3n) is 3.26. The van der Waals surface area contributed by atoms with Crippen LogP contribution in [0.5, 0.6) is 0 Å². The van der Waals surface area contributed by atoms with E-state index in [9.17, 15) is 0 Å². The van der Waals surface area contributed by atoms with Crippen molar-refractivity contribution in [3.63, 3.8) is 0 Å². The summed E-state index contributed by atoms with van der Waals surface area (Å²) in [6.07, 6.45) is 6.30. The number of aromatic nitrogens is 2. The smallest absolute Gasteiger partial charge is 0.0878 e. The average molecular weight is 187 g/mol. The fourth-order valence-corrected chi connectivity index (χ4v) is 1.99. The number of nitrogens with zero attached hydrogens (tertiary/aromatic N) is 1. The highest BCUT2D eigenvalue weighted by Gasteiger charge is 2.43. The van der Waals surface area contributed by atoms with Crippen LogP contribution in [0.15, 0.2) is 24.5 Å². The number of aromatic amines is 1. The largest absolute Gasteiger partial charge is 0.360 e. The molecule has 3 N–H and O–H groups in total. The van der Waals surface area contributed by atoms with Crippen LogP contribution in [0.3, 0.4) is 0 Å². The Kier molecular flexibility index (Phi) is 1.47. The molecule has 0 bridgehead atoms. The maximum Gasteiger partial charge on any atom is 0.0878 e. The van der Waals surface area contributed by atoms with Gasteiger partial charge in [0.05, 0.1) is 11.0 Å². The zero-order valence-electron chi connectivity index (χ0n) is 7.96. The quantitative estimate of drug-likeness (QED) is 0.749. The zero-order valence-corrected chi connectivity index (χ0v) is 7.96. The van der Waals surface area contributed by atoms with Crippen molar-refractivity contribution in [3.8, 4) is 0 Å². The summed E-state index contributed by atoms with van der Waals surface area (Å²) in [6.45, 7) is 0.737. The van der Waals surface area contributed by atoms with Crippen molar-refractivity contribution in [1.29, 1.82) is 0 Å². The lowest BCUT2D eigenvalue weighted by molar-refractivity contribution is 0.702. The Hall–Kier alpha value is -1.35. The van der Waals surface area contributed by atoms with Crippen LogP contribution in [0.2, 0.25) is 0 Å². The first-order valence-electron chi connectivity index (χ1n) is 4.98. The maximum absolute atomic E-state index is 5.78. The highest BCUT2D eigenvalue weighted by atomic mass is 14.8. The van der Waals surface area contributed by atoms with Gasteiger partial charge in [0, 0.05) is 24.4 Å². The molecule has 2 aromatic heterocycles. The number of nitrogens with two attached hydrogens (primary N) is 1. The summed E-state index contributed by atoms with van der Waals surface area (Å²) in [5.41, 5.74) is 9.45. The molecular weight excluding hydrogens is 174 g/mol. The van der Waals surface area contributed by atoms with Gasteiger partial charge < -0.3 is 10.7 Å². The molecule has 0 aromatic carbocycles. The van der Waals surface area contributed by atoms with Gasteiger partial charge in [0.2, 0.25) is 0 Å². The second kappa shape index (κ2) is 2.58. The molecule has 0 saturated heterocycles. The van der Waals surface area contributed by atoms with Crippen molar-refractivity contribution in [1.82, 2.24) is 9.97 Å². The summed E-state index contributed by atoms with van der Waals surface area (Å²) in [7, 11) is 0. The van der Waals surface area contributed by atoms with Gasteiger partial charge in [-0.25, -0.2) is 0 Å². The molecule has 0 aliphatic heterocycles. The monoisotopic (exact) mass is 187 g/mol. The van der Waals surface area contributed by atoms with E-state index < -0.39 is 0 Å². The van der Waals surface area contributed by atoms with Crippen molar-refractivity contribution >= 4 is 11.0 Å². The molecule has 2 aromatic rings. The topological polar surface area (TPSA) is 54.7 Å². The minimum Gasteiger partial charge on any atom is -0.360 e. The van der Waals surface area contributed by atoms with Gasteiger partial charge in [0.25, 0.3) is 0 Å². The fraction of sp³-hybridized carbons (Fsp3) is 0.364. The minimum atomic E-state index is 0.242. The zero-order chi connectivity index (χ0) is 9.60. The van der Waals surface area contributed by atoms with E-state index in [0.29, 0.717) is 0 Å². The Labute approximate surface area is 82.3 Å². The molecule has 72 valence electrons. The number of H-pyrrole nitrogens is 1. The van der Waals surface area contributed by atoms with E-state index in [4.69, 9.17) is 5.73 Å². The van der Waals surface area contributed by atoms with Crippen LogP contribution in [0.4, 0.5) is 0 Å². The van der Waals surface area contributed by atoms with E-state index in [-0.39, 0.29) is 5.41 Å². The third-order valence-corrected chi connectivity index (χ3v) is 3.26. The van der Waals surface area contributed by atoms with Gasteiger partial charge in [-0.15, -0.1) is 0 Å². The molecule has 2 heterocycles. The highest BCUT2D eigenvalue weighted by Crippen LogP contribution is 2.47. The first kappa shape index (κ1) is 8.00. The lowest BCUT2D eigenvalue weighted by atomic mass is 9.98. The molecular formula is C11H13N3. The molecule has 3 heteroatoms. The summed E-state index contributed by atoms with van der Waals surface area (Å²) in [4.78, 5) is 7.59. The average Bonchev–Trinajstić information content (AvgIpc) is 2.89. The van der Waals surface area contributed by atoms with E-state index in [2.05, 4.69) is 16.0 Å². The fourth-order valence-electron chi connectivity index (χ4n) is 1.99. The van der Waals surface area contributed by atoms with Crippen molar-refractivity contribution in [3.05, 3.63) is 30.1 Å². The number of pyridine rings is 1. The molecule has 0 atom stereocenters. The van der Waals surface area contributed by atoms with Gasteiger partial charge in [-0.05, 0) is 30.5 Å². The molecule has 1 fully saturated rings. The number of fused-ring (bicyclic) bond motifs is 1. The SMILES string of the molecule is NCC1(c2cnc3cc[nH]c3c2)CC1. The van der Waals surface area contributed by atoms with E-state index in [1.165, 1.54) is 18.4 Å². The number of nitrogens with one attached hydrogen (secondary N) is 1. The van der Waals surface area contributed by atoms with E-state index in [1.54, 1.807) is 0 Å². The molecule has 0 spiro atoms. The van der Waals surface area contributed by atoms with E-state index in [0.717, 1.165) is 17.6 Å². The summed E-state index contributed by atoms with van der Waals surface area (Å²) in [6, 6.07) is 4.17. The lowest BCUT2D eigenvalue weighted by Crippen LogP contribution is -2.19. The van der Waals surface area contributed by atoms with Crippen LogP contribution in [-0.2, 0) is 5.41 Å². The molecule has 14 heavy (non-hydrogen) atoms. The third kappa shape index (κ3) is 0.990. The number of hydrogen-bond donors (Lipinski definition) is 2. The maximum atomic E-state index is 5.78. The second-order valence-corrected chi connectivity index (χ2v) is 4.12. The minimum absolute atomic E-state index is 0.242. The Bertz CT molecular complexity index is 468. The highest BCUT2D eigenvalue weighted by molar-refractivity contribution is 5.75. The lowest BCUT2D eigenvalue weighted by Gasteiger charge is -2.11. The normalized spacial score (nSPS) is 18.6. The van der Waals surface area contributed by atoms with Gasteiger partial charge in [-0.2, -0.15) is 0 Å². The summed E-state index contributed by atoms with van der Waals surface area (Å²) >= 11 is 0. The standard InChI is InChI=1S/C11H13N3/c12-7-11(2-3-11)8-5-10-9(14-6-8)1-4-13-10/h1,4-6,13H,2-3,7,12H2. The molecule has 1 aliphatic rings. The van der Waals surface area contributed by atoms with Gasteiger partial charge in [0.15, 0.2) is 0 Å².